The lowest BCUT2D eigenvalue weighted by Crippen LogP contribution is -2.21. The fourth-order valence-corrected chi connectivity index (χ4v) is 10.6. The van der Waals surface area contributed by atoms with Gasteiger partial charge in [-0.1, -0.05) is 184 Å². The summed E-state index contributed by atoms with van der Waals surface area (Å²) >= 11 is 1.88. The van der Waals surface area contributed by atoms with Crippen LogP contribution in [-0.2, 0) is 5.41 Å². The van der Waals surface area contributed by atoms with E-state index in [4.69, 9.17) is 0 Å². The van der Waals surface area contributed by atoms with Crippen LogP contribution in [0.15, 0.2) is 200 Å². The zero-order valence-electron chi connectivity index (χ0n) is 31.9. The van der Waals surface area contributed by atoms with Gasteiger partial charge in [0.2, 0.25) is 0 Å². The third-order valence-electron chi connectivity index (χ3n) is 12.0. The number of rotatable bonds is 6. The molecule has 57 heavy (non-hydrogen) atoms. The summed E-state index contributed by atoms with van der Waals surface area (Å²) in [5, 5.41) is 5.25. The molecule has 0 N–H and O–H groups in total. The molecule has 0 bridgehead atoms. The molecule has 0 radical (unpaired) electrons. The molecule has 1 aliphatic carbocycles. The SMILES string of the molecule is CC1(C)c2ccccc2-c2cccc(N(c3ccc(-c4cccc5ccc6sc7ccccc7c6c45)cc3)c3c(-c4ccccc4)cccc3-c3ccccc3)c21. The van der Waals surface area contributed by atoms with E-state index in [-0.39, 0.29) is 5.41 Å². The molecule has 0 atom stereocenters. The number of thiophene rings is 1. The van der Waals surface area contributed by atoms with Crippen molar-refractivity contribution in [2.75, 3.05) is 4.90 Å². The second-order valence-electron chi connectivity index (χ2n) is 15.6. The van der Waals surface area contributed by atoms with Crippen LogP contribution in [0.2, 0.25) is 0 Å². The van der Waals surface area contributed by atoms with E-state index in [1.54, 1.807) is 0 Å². The highest BCUT2D eigenvalue weighted by molar-refractivity contribution is 7.26. The standard InChI is InChI=1S/C55H39NS/c1-55(2)47-27-11-9-21-44(47)45-26-15-28-48(53(45)55)56(54-42(36-16-5-3-6-17-36)24-14-25-43(54)37-18-7-4-8-19-37)40-33-30-38(31-34-40)41-23-13-20-39-32-35-50-52(51(39)41)46-22-10-12-29-49(46)57-50/h3-35H,1-2H3. The zero-order chi connectivity index (χ0) is 38.1. The van der Waals surface area contributed by atoms with Gasteiger partial charge in [0.05, 0.1) is 11.4 Å². The summed E-state index contributed by atoms with van der Waals surface area (Å²) in [6.07, 6.45) is 0. The van der Waals surface area contributed by atoms with E-state index >= 15 is 0 Å². The Hall–Kier alpha value is -6.74. The number of anilines is 3. The molecule has 0 aliphatic heterocycles. The van der Waals surface area contributed by atoms with Crippen LogP contribution in [0.4, 0.5) is 17.1 Å². The molecular weight excluding hydrogens is 707 g/mol. The van der Waals surface area contributed by atoms with Crippen molar-refractivity contribution in [2.45, 2.75) is 19.3 Å². The molecule has 0 amide bonds. The van der Waals surface area contributed by atoms with Crippen LogP contribution in [0.3, 0.4) is 0 Å². The molecule has 0 unspecified atom stereocenters. The molecule has 0 saturated heterocycles. The highest BCUT2D eigenvalue weighted by atomic mass is 32.1. The average molecular weight is 746 g/mol. The summed E-state index contributed by atoms with van der Waals surface area (Å²) in [5.41, 5.74) is 15.8. The topological polar surface area (TPSA) is 3.24 Å². The average Bonchev–Trinajstić information content (AvgIpc) is 3.77. The predicted octanol–water partition coefficient (Wildman–Crippen LogP) is 16.0. The van der Waals surface area contributed by atoms with Crippen molar-refractivity contribution < 1.29 is 0 Å². The van der Waals surface area contributed by atoms with E-state index in [9.17, 15) is 0 Å². The van der Waals surface area contributed by atoms with E-state index in [0.717, 1.165) is 5.69 Å². The monoisotopic (exact) mass is 745 g/mol. The van der Waals surface area contributed by atoms with Crippen LogP contribution in [0, 0.1) is 0 Å². The molecule has 1 aliphatic rings. The highest BCUT2D eigenvalue weighted by Gasteiger charge is 2.39. The van der Waals surface area contributed by atoms with Crippen molar-refractivity contribution in [2.24, 2.45) is 0 Å². The van der Waals surface area contributed by atoms with Gasteiger partial charge in [-0.15, -0.1) is 11.3 Å². The Balaban J connectivity index is 1.18. The van der Waals surface area contributed by atoms with Crippen LogP contribution < -0.4 is 4.90 Å². The fraction of sp³-hybridized carbons (Fsp3) is 0.0545. The van der Waals surface area contributed by atoms with Gasteiger partial charge < -0.3 is 4.90 Å². The van der Waals surface area contributed by atoms with Crippen LogP contribution >= 0.6 is 11.3 Å². The summed E-state index contributed by atoms with van der Waals surface area (Å²) in [7, 11) is 0. The van der Waals surface area contributed by atoms with Crippen LogP contribution in [-0.4, -0.2) is 0 Å². The van der Waals surface area contributed by atoms with Gasteiger partial charge in [-0.2, -0.15) is 0 Å². The number of nitrogens with zero attached hydrogens (tertiary/aromatic N) is 1. The summed E-state index contributed by atoms with van der Waals surface area (Å²) in [6, 6.07) is 73.8. The molecule has 1 heterocycles. The molecule has 1 nitrogen and oxygen atoms in total. The molecule has 11 rings (SSSR count). The predicted molar refractivity (Wildman–Crippen MR) is 245 cm³/mol. The minimum Gasteiger partial charge on any atom is -0.309 e. The smallest absolute Gasteiger partial charge is 0.0618 e. The van der Waals surface area contributed by atoms with Crippen molar-refractivity contribution >= 4 is 59.3 Å². The van der Waals surface area contributed by atoms with E-state index in [1.807, 2.05) is 11.3 Å². The van der Waals surface area contributed by atoms with Gasteiger partial charge in [-0.05, 0) is 85.6 Å². The Kier molecular flexibility index (Phi) is 7.77. The Morgan fingerprint density at radius 1 is 0.404 bits per heavy atom. The first kappa shape index (κ1) is 33.6. The lowest BCUT2D eigenvalue weighted by molar-refractivity contribution is 0.661. The molecule has 270 valence electrons. The van der Waals surface area contributed by atoms with Gasteiger partial charge in [0, 0.05) is 42.4 Å². The Morgan fingerprint density at radius 2 is 0.982 bits per heavy atom. The Bertz CT molecular complexity index is 3080. The van der Waals surface area contributed by atoms with Crippen molar-refractivity contribution in [1.82, 2.24) is 0 Å². The minimum atomic E-state index is -0.215. The lowest BCUT2D eigenvalue weighted by atomic mass is 9.81. The second kappa shape index (κ2) is 13.2. The fourth-order valence-electron chi connectivity index (χ4n) is 9.50. The first-order valence-electron chi connectivity index (χ1n) is 19.8. The van der Waals surface area contributed by atoms with E-state index < -0.39 is 0 Å². The maximum atomic E-state index is 2.55. The molecule has 10 aromatic rings. The van der Waals surface area contributed by atoms with Gasteiger partial charge >= 0.3 is 0 Å². The zero-order valence-corrected chi connectivity index (χ0v) is 32.7. The second-order valence-corrected chi connectivity index (χ2v) is 16.7. The quantitative estimate of drug-likeness (QED) is 0.164. The largest absolute Gasteiger partial charge is 0.309 e. The maximum Gasteiger partial charge on any atom is 0.0618 e. The lowest BCUT2D eigenvalue weighted by Gasteiger charge is -2.35. The molecular formula is C55H39NS. The van der Waals surface area contributed by atoms with Crippen molar-refractivity contribution in [3.05, 3.63) is 211 Å². The third-order valence-corrected chi connectivity index (χ3v) is 13.2. The normalized spacial score (nSPS) is 12.9. The molecule has 0 spiro atoms. The van der Waals surface area contributed by atoms with Gasteiger partial charge in [0.15, 0.2) is 0 Å². The molecule has 0 fully saturated rings. The summed E-state index contributed by atoms with van der Waals surface area (Å²) in [5.74, 6) is 0. The first-order chi connectivity index (χ1) is 28.1. The van der Waals surface area contributed by atoms with E-state index in [0.29, 0.717) is 0 Å². The molecule has 9 aromatic carbocycles. The van der Waals surface area contributed by atoms with Crippen molar-refractivity contribution in [3.63, 3.8) is 0 Å². The molecule has 1 aromatic heterocycles. The molecule has 0 saturated carbocycles. The maximum absolute atomic E-state index is 2.55. The number of hydrogen-bond acceptors (Lipinski definition) is 2. The van der Waals surface area contributed by atoms with Crippen LogP contribution in [0.5, 0.6) is 0 Å². The first-order valence-corrected chi connectivity index (χ1v) is 20.6. The number of hydrogen-bond donors (Lipinski definition) is 0. The molecule has 2 heteroatoms. The van der Waals surface area contributed by atoms with Gasteiger partial charge in [-0.25, -0.2) is 0 Å². The van der Waals surface area contributed by atoms with Crippen molar-refractivity contribution in [3.8, 4) is 44.5 Å². The summed E-state index contributed by atoms with van der Waals surface area (Å²) in [6.45, 7) is 4.78. The summed E-state index contributed by atoms with van der Waals surface area (Å²) < 4.78 is 2.65. The Morgan fingerprint density at radius 3 is 1.74 bits per heavy atom. The van der Waals surface area contributed by atoms with Gasteiger partial charge in [0.1, 0.15) is 0 Å². The van der Waals surface area contributed by atoms with Crippen molar-refractivity contribution in [1.29, 1.82) is 0 Å². The number of benzene rings is 9. The highest BCUT2D eigenvalue weighted by Crippen LogP contribution is 2.56. The van der Waals surface area contributed by atoms with Gasteiger partial charge in [-0.3, -0.25) is 0 Å². The van der Waals surface area contributed by atoms with Gasteiger partial charge in [0.25, 0.3) is 0 Å². The minimum absolute atomic E-state index is 0.215. The Labute approximate surface area is 337 Å². The number of para-hydroxylation sites is 1. The third kappa shape index (κ3) is 5.29. The van der Waals surface area contributed by atoms with E-state index in [2.05, 4.69) is 219 Å². The summed E-state index contributed by atoms with van der Waals surface area (Å²) in [4.78, 5) is 2.55. The van der Waals surface area contributed by atoms with Crippen LogP contribution in [0.25, 0.3) is 75.5 Å². The van der Waals surface area contributed by atoms with Crippen LogP contribution in [0.1, 0.15) is 25.0 Å². The van der Waals surface area contributed by atoms with E-state index in [1.165, 1.54) is 98.0 Å². The number of fused-ring (bicyclic) bond motifs is 8.